The van der Waals surface area contributed by atoms with Crippen molar-refractivity contribution in [3.63, 3.8) is 0 Å². The highest BCUT2D eigenvalue weighted by Gasteiger charge is 2.37. The van der Waals surface area contributed by atoms with Crippen LogP contribution in [-0.4, -0.2) is 75.3 Å². The van der Waals surface area contributed by atoms with Gasteiger partial charge in [-0.3, -0.25) is 14.9 Å². The molecule has 0 radical (unpaired) electrons. The Kier molecular flexibility index (Phi) is 6.50. The van der Waals surface area contributed by atoms with Crippen LogP contribution in [-0.2, 0) is 16.1 Å². The van der Waals surface area contributed by atoms with Gasteiger partial charge in [0.15, 0.2) is 23.0 Å². The van der Waals surface area contributed by atoms with E-state index in [2.05, 4.69) is 19.8 Å². The van der Waals surface area contributed by atoms with Gasteiger partial charge in [-0.15, -0.1) is 0 Å². The second-order valence-corrected chi connectivity index (χ2v) is 9.19. The topological polar surface area (TPSA) is 107 Å². The van der Waals surface area contributed by atoms with Gasteiger partial charge in [-0.2, -0.15) is 0 Å². The second-order valence-electron chi connectivity index (χ2n) is 9.19. The smallest absolute Gasteiger partial charge is 0.259 e. The molecule has 0 saturated carbocycles. The van der Waals surface area contributed by atoms with Gasteiger partial charge in [-0.05, 0) is 38.4 Å². The zero-order valence-electron chi connectivity index (χ0n) is 22.2. The predicted molar refractivity (Wildman–Crippen MR) is 145 cm³/mol. The zero-order valence-corrected chi connectivity index (χ0v) is 22.2. The SMILES string of the molecule is COc1ccc2[nH]cc(C3=C(c4cn(CCN(C)C)c5ccc(OC)c(OC)c45)C(=O)NC3=O)c2c1OC. The van der Waals surface area contributed by atoms with Crippen LogP contribution in [0.2, 0.25) is 0 Å². The Morgan fingerprint density at radius 3 is 2.00 bits per heavy atom. The number of carbonyl (C=O) groups excluding carboxylic acids is 2. The summed E-state index contributed by atoms with van der Waals surface area (Å²) in [5.41, 5.74) is 3.19. The standard InChI is InChI=1S/C28H30N4O6/c1-31(2)11-12-32-14-16(22-18(32)8-10-20(36-4)26(22)38-6)24-23(27(33)30-28(24)34)15-13-29-17-7-9-19(35-3)25(37-5)21(15)17/h7-10,13-14,29H,11-12H2,1-6H3,(H,30,33,34). The minimum Gasteiger partial charge on any atom is -0.493 e. The van der Waals surface area contributed by atoms with Crippen LogP contribution in [0.3, 0.4) is 0 Å². The number of H-pyrrole nitrogens is 1. The van der Waals surface area contributed by atoms with Crippen molar-refractivity contribution in [3.05, 3.63) is 47.8 Å². The van der Waals surface area contributed by atoms with Crippen molar-refractivity contribution in [1.82, 2.24) is 19.8 Å². The molecule has 0 unspecified atom stereocenters. The Bertz CT molecular complexity index is 1610. The van der Waals surface area contributed by atoms with Gasteiger partial charge in [0.1, 0.15) is 0 Å². The molecule has 3 heterocycles. The minimum absolute atomic E-state index is 0.240. The number of hydrogen-bond donors (Lipinski definition) is 2. The number of hydrogen-bond acceptors (Lipinski definition) is 7. The van der Waals surface area contributed by atoms with Crippen LogP contribution in [0, 0.1) is 0 Å². The average Bonchev–Trinajstić information content (AvgIpc) is 3.58. The summed E-state index contributed by atoms with van der Waals surface area (Å²) >= 11 is 0. The number of nitrogens with one attached hydrogen (secondary N) is 2. The molecule has 38 heavy (non-hydrogen) atoms. The molecule has 2 aromatic heterocycles. The van der Waals surface area contributed by atoms with Gasteiger partial charge < -0.3 is 33.4 Å². The largest absolute Gasteiger partial charge is 0.493 e. The van der Waals surface area contributed by atoms with Crippen LogP contribution >= 0.6 is 0 Å². The lowest BCUT2D eigenvalue weighted by atomic mass is 9.95. The highest BCUT2D eigenvalue weighted by atomic mass is 16.5. The first-order valence-electron chi connectivity index (χ1n) is 12.1. The maximum Gasteiger partial charge on any atom is 0.259 e. The summed E-state index contributed by atoms with van der Waals surface area (Å²) in [4.78, 5) is 32.1. The fraction of sp³-hybridized carbons (Fsp3) is 0.286. The first-order chi connectivity index (χ1) is 18.3. The van der Waals surface area contributed by atoms with Crippen molar-refractivity contribution in [2.45, 2.75) is 6.54 Å². The van der Waals surface area contributed by atoms with Crippen LogP contribution in [0.5, 0.6) is 23.0 Å². The number of amides is 2. The number of fused-ring (bicyclic) bond motifs is 2. The number of aromatic amines is 1. The normalized spacial score (nSPS) is 13.7. The van der Waals surface area contributed by atoms with Crippen molar-refractivity contribution in [1.29, 1.82) is 0 Å². The molecule has 0 aliphatic carbocycles. The maximum absolute atomic E-state index is 13.4. The van der Waals surface area contributed by atoms with Crippen molar-refractivity contribution in [3.8, 4) is 23.0 Å². The van der Waals surface area contributed by atoms with E-state index in [1.54, 1.807) is 40.7 Å². The summed E-state index contributed by atoms with van der Waals surface area (Å²) in [6, 6.07) is 7.40. The number of imide groups is 1. The molecule has 5 rings (SSSR count). The molecular formula is C28H30N4O6. The van der Waals surface area contributed by atoms with Crippen molar-refractivity contribution < 1.29 is 28.5 Å². The summed E-state index contributed by atoms with van der Waals surface area (Å²) in [7, 11) is 10.2. The molecule has 0 fully saturated rings. The summed E-state index contributed by atoms with van der Waals surface area (Å²) in [5.74, 6) is 1.01. The van der Waals surface area contributed by atoms with Gasteiger partial charge in [0.05, 0.1) is 61.4 Å². The van der Waals surface area contributed by atoms with E-state index in [9.17, 15) is 9.59 Å². The number of methoxy groups -OCH3 is 4. The maximum atomic E-state index is 13.4. The van der Waals surface area contributed by atoms with Crippen molar-refractivity contribution in [2.75, 3.05) is 49.1 Å². The van der Waals surface area contributed by atoms with Gasteiger partial charge >= 0.3 is 0 Å². The van der Waals surface area contributed by atoms with E-state index in [0.717, 1.165) is 17.6 Å². The van der Waals surface area contributed by atoms with E-state index in [4.69, 9.17) is 18.9 Å². The molecule has 1 aliphatic heterocycles. The van der Waals surface area contributed by atoms with E-state index in [1.807, 2.05) is 38.5 Å². The Morgan fingerprint density at radius 2 is 1.39 bits per heavy atom. The quantitative estimate of drug-likeness (QED) is 0.328. The highest BCUT2D eigenvalue weighted by Crippen LogP contribution is 2.46. The number of aromatic nitrogens is 2. The average molecular weight is 519 g/mol. The fourth-order valence-electron chi connectivity index (χ4n) is 5.09. The fourth-order valence-corrected chi connectivity index (χ4v) is 5.09. The first-order valence-corrected chi connectivity index (χ1v) is 12.1. The van der Waals surface area contributed by atoms with Crippen LogP contribution < -0.4 is 24.3 Å². The lowest BCUT2D eigenvalue weighted by Crippen LogP contribution is -2.22. The number of rotatable bonds is 9. The molecule has 1 aliphatic rings. The number of nitrogens with zero attached hydrogens (tertiary/aromatic N) is 2. The number of ether oxygens (including phenoxy) is 4. The van der Waals surface area contributed by atoms with E-state index < -0.39 is 11.8 Å². The number of benzene rings is 2. The van der Waals surface area contributed by atoms with Crippen LogP contribution in [0.4, 0.5) is 0 Å². The second kappa shape index (κ2) is 9.79. The molecule has 0 saturated heterocycles. The number of likely N-dealkylation sites (N-methyl/N-ethyl adjacent to an activating group) is 1. The summed E-state index contributed by atoms with van der Waals surface area (Å²) in [6.45, 7) is 1.43. The number of carbonyl (C=O) groups is 2. The third-order valence-electron chi connectivity index (χ3n) is 6.83. The highest BCUT2D eigenvalue weighted by molar-refractivity contribution is 6.51. The van der Waals surface area contributed by atoms with E-state index >= 15 is 0 Å². The van der Waals surface area contributed by atoms with E-state index in [0.29, 0.717) is 51.4 Å². The summed E-state index contributed by atoms with van der Waals surface area (Å²) in [6.07, 6.45) is 3.61. The third-order valence-corrected chi connectivity index (χ3v) is 6.83. The Morgan fingerprint density at radius 1 is 0.789 bits per heavy atom. The molecule has 10 nitrogen and oxygen atoms in total. The van der Waals surface area contributed by atoms with Gasteiger partial charge in [0.25, 0.3) is 11.8 Å². The predicted octanol–water partition coefficient (Wildman–Crippen LogP) is 3.29. The molecule has 198 valence electrons. The van der Waals surface area contributed by atoms with E-state index in [1.165, 1.54) is 0 Å². The zero-order chi connectivity index (χ0) is 27.1. The summed E-state index contributed by atoms with van der Waals surface area (Å²) in [5, 5.41) is 3.83. The molecule has 2 N–H and O–H groups in total. The molecule has 2 aromatic carbocycles. The molecule has 2 amide bonds. The molecule has 0 bridgehead atoms. The van der Waals surface area contributed by atoms with Crippen molar-refractivity contribution in [2.24, 2.45) is 0 Å². The van der Waals surface area contributed by atoms with Crippen LogP contribution in [0.25, 0.3) is 33.0 Å². The monoisotopic (exact) mass is 518 g/mol. The van der Waals surface area contributed by atoms with E-state index in [-0.39, 0.29) is 11.1 Å². The molecule has 4 aromatic rings. The minimum atomic E-state index is -0.494. The molecule has 0 atom stereocenters. The first kappa shape index (κ1) is 25.2. The Balaban J connectivity index is 1.86. The van der Waals surface area contributed by atoms with Gasteiger partial charge in [0, 0.05) is 36.6 Å². The Labute approximate surface area is 219 Å². The van der Waals surface area contributed by atoms with Crippen molar-refractivity contribution >= 4 is 44.8 Å². The molecule has 0 spiro atoms. The lowest BCUT2D eigenvalue weighted by molar-refractivity contribution is -0.122. The molecule has 10 heteroatoms. The van der Waals surface area contributed by atoms with Gasteiger partial charge in [-0.25, -0.2) is 0 Å². The third kappa shape index (κ3) is 3.84. The summed E-state index contributed by atoms with van der Waals surface area (Å²) < 4.78 is 24.6. The van der Waals surface area contributed by atoms with Crippen LogP contribution in [0.15, 0.2) is 36.7 Å². The molecular weight excluding hydrogens is 488 g/mol. The van der Waals surface area contributed by atoms with Crippen LogP contribution in [0.1, 0.15) is 11.1 Å². The van der Waals surface area contributed by atoms with Gasteiger partial charge in [-0.1, -0.05) is 0 Å². The lowest BCUT2D eigenvalue weighted by Gasteiger charge is -2.13. The van der Waals surface area contributed by atoms with Gasteiger partial charge in [0.2, 0.25) is 0 Å². The Hall–Kier alpha value is -4.44.